The van der Waals surface area contributed by atoms with E-state index < -0.39 is 0 Å². The summed E-state index contributed by atoms with van der Waals surface area (Å²) in [4.78, 5) is 14.2. The molecule has 1 amide bonds. The van der Waals surface area contributed by atoms with Crippen LogP contribution in [0.5, 0.6) is 0 Å². The Balaban J connectivity index is 1.78. The van der Waals surface area contributed by atoms with Gasteiger partial charge in [-0.3, -0.25) is 4.79 Å². The number of nitrogens with one attached hydrogen (secondary N) is 1. The predicted molar refractivity (Wildman–Crippen MR) is 65.2 cm³/mol. The van der Waals surface area contributed by atoms with Gasteiger partial charge in [-0.1, -0.05) is 0 Å². The number of piperidine rings is 1. The lowest BCUT2D eigenvalue weighted by Crippen LogP contribution is -2.49. The van der Waals surface area contributed by atoms with Gasteiger partial charge in [0.15, 0.2) is 0 Å². The maximum atomic E-state index is 12.1. The number of likely N-dealkylation sites (tertiary alicyclic amines) is 1. The van der Waals surface area contributed by atoms with Crippen LogP contribution in [0.15, 0.2) is 0 Å². The first-order valence-corrected chi connectivity index (χ1v) is 6.73. The lowest BCUT2D eigenvalue weighted by Gasteiger charge is -2.30. The first kappa shape index (κ1) is 11.9. The van der Waals surface area contributed by atoms with Gasteiger partial charge < -0.3 is 10.2 Å². The van der Waals surface area contributed by atoms with E-state index in [0.29, 0.717) is 11.9 Å². The van der Waals surface area contributed by atoms with Crippen molar-refractivity contribution in [2.24, 2.45) is 5.92 Å². The molecule has 2 rings (SSSR count). The second-order valence-electron chi connectivity index (χ2n) is 5.40. The molecular formula is C13H24N2O. The van der Waals surface area contributed by atoms with E-state index in [1.54, 1.807) is 0 Å². The molecule has 2 atom stereocenters. The molecule has 1 heterocycles. The first-order valence-electron chi connectivity index (χ1n) is 6.73. The van der Waals surface area contributed by atoms with Gasteiger partial charge in [0.1, 0.15) is 0 Å². The van der Waals surface area contributed by atoms with E-state index in [-0.39, 0.29) is 6.04 Å². The van der Waals surface area contributed by atoms with Crippen molar-refractivity contribution in [1.82, 2.24) is 10.2 Å². The number of rotatable bonds is 4. The van der Waals surface area contributed by atoms with Crippen LogP contribution in [0, 0.1) is 5.92 Å². The quantitative estimate of drug-likeness (QED) is 0.789. The summed E-state index contributed by atoms with van der Waals surface area (Å²) in [5.41, 5.74) is 0. The van der Waals surface area contributed by atoms with Gasteiger partial charge >= 0.3 is 0 Å². The number of nitrogens with zero attached hydrogens (tertiary/aromatic N) is 1. The molecule has 1 aliphatic carbocycles. The minimum atomic E-state index is -0.00583. The van der Waals surface area contributed by atoms with Crippen LogP contribution in [0.2, 0.25) is 0 Å². The van der Waals surface area contributed by atoms with E-state index in [4.69, 9.17) is 0 Å². The lowest BCUT2D eigenvalue weighted by atomic mass is 10.1. The maximum absolute atomic E-state index is 12.1. The van der Waals surface area contributed by atoms with Crippen LogP contribution in [0.1, 0.15) is 46.0 Å². The zero-order valence-electron chi connectivity index (χ0n) is 10.5. The molecule has 1 N–H and O–H groups in total. The maximum Gasteiger partial charge on any atom is 0.239 e. The zero-order valence-corrected chi connectivity index (χ0v) is 10.5. The summed E-state index contributed by atoms with van der Waals surface area (Å²) in [6.45, 7) is 6.14. The van der Waals surface area contributed by atoms with Crippen molar-refractivity contribution < 1.29 is 4.79 Å². The fourth-order valence-electron chi connectivity index (χ4n) is 2.59. The molecule has 3 heteroatoms. The van der Waals surface area contributed by atoms with Crippen molar-refractivity contribution in [1.29, 1.82) is 0 Å². The second kappa shape index (κ2) is 5.17. The molecule has 0 radical (unpaired) electrons. The van der Waals surface area contributed by atoms with Gasteiger partial charge in [-0.25, -0.2) is 0 Å². The van der Waals surface area contributed by atoms with E-state index >= 15 is 0 Å². The molecule has 1 saturated heterocycles. The van der Waals surface area contributed by atoms with Crippen LogP contribution in [0.4, 0.5) is 0 Å². The smallest absolute Gasteiger partial charge is 0.239 e. The van der Waals surface area contributed by atoms with Gasteiger partial charge in [-0.15, -0.1) is 0 Å². The molecule has 2 fully saturated rings. The average Bonchev–Trinajstić information content (AvgIpc) is 3.13. The standard InChI is InChI=1S/C13H24N2O/c1-10(12-6-7-12)14-11(2)13(16)15-8-4-3-5-9-15/h10-12,14H,3-9H2,1-2H3/t10?,11-/m0/s1. The van der Waals surface area contributed by atoms with Crippen LogP contribution in [0.25, 0.3) is 0 Å². The molecule has 0 bridgehead atoms. The van der Waals surface area contributed by atoms with E-state index in [2.05, 4.69) is 12.2 Å². The van der Waals surface area contributed by atoms with Gasteiger partial charge in [-0.2, -0.15) is 0 Å². The van der Waals surface area contributed by atoms with Crippen molar-refractivity contribution in [2.75, 3.05) is 13.1 Å². The molecule has 0 aromatic heterocycles. The van der Waals surface area contributed by atoms with Crippen molar-refractivity contribution in [3.8, 4) is 0 Å². The predicted octanol–water partition coefficient (Wildman–Crippen LogP) is 1.78. The number of amides is 1. The number of hydrogen-bond acceptors (Lipinski definition) is 2. The van der Waals surface area contributed by atoms with Crippen molar-refractivity contribution in [3.63, 3.8) is 0 Å². The first-order chi connectivity index (χ1) is 7.68. The summed E-state index contributed by atoms with van der Waals surface area (Å²) >= 11 is 0. The third-order valence-corrected chi connectivity index (χ3v) is 3.88. The van der Waals surface area contributed by atoms with Crippen molar-refractivity contribution in [3.05, 3.63) is 0 Å². The van der Waals surface area contributed by atoms with Crippen LogP contribution in [-0.4, -0.2) is 36.0 Å². The topological polar surface area (TPSA) is 32.3 Å². The second-order valence-corrected chi connectivity index (χ2v) is 5.40. The van der Waals surface area contributed by atoms with Crippen LogP contribution in [-0.2, 0) is 4.79 Å². The Morgan fingerprint density at radius 1 is 1.19 bits per heavy atom. The van der Waals surface area contributed by atoms with Gasteiger partial charge in [-0.05, 0) is 51.9 Å². The van der Waals surface area contributed by atoms with Crippen LogP contribution in [0.3, 0.4) is 0 Å². The monoisotopic (exact) mass is 224 g/mol. The molecule has 3 nitrogen and oxygen atoms in total. The molecule has 0 spiro atoms. The normalized spacial score (nSPS) is 25.2. The summed E-state index contributed by atoms with van der Waals surface area (Å²) in [7, 11) is 0. The Morgan fingerprint density at radius 3 is 2.38 bits per heavy atom. The highest BCUT2D eigenvalue weighted by molar-refractivity contribution is 5.81. The van der Waals surface area contributed by atoms with E-state index in [1.807, 2.05) is 11.8 Å². The fraction of sp³-hybridized carbons (Fsp3) is 0.923. The SMILES string of the molecule is CC(N[C@@H](C)C(=O)N1CCCCC1)C1CC1. The molecule has 1 aliphatic heterocycles. The van der Waals surface area contributed by atoms with Crippen LogP contribution >= 0.6 is 0 Å². The number of carbonyl (C=O) groups excluding carboxylic acids is 1. The van der Waals surface area contributed by atoms with Crippen molar-refractivity contribution in [2.45, 2.75) is 58.0 Å². The Bertz CT molecular complexity index is 244. The lowest BCUT2D eigenvalue weighted by molar-refractivity contribution is -0.134. The van der Waals surface area contributed by atoms with Gasteiger partial charge in [0.25, 0.3) is 0 Å². The molecule has 0 aromatic rings. The van der Waals surface area contributed by atoms with Gasteiger partial charge in [0, 0.05) is 19.1 Å². The molecule has 92 valence electrons. The van der Waals surface area contributed by atoms with E-state index in [9.17, 15) is 4.79 Å². The van der Waals surface area contributed by atoms with Gasteiger partial charge in [0.05, 0.1) is 6.04 Å². The molecular weight excluding hydrogens is 200 g/mol. The third-order valence-electron chi connectivity index (χ3n) is 3.88. The molecule has 0 aromatic carbocycles. The molecule has 1 saturated carbocycles. The number of carbonyl (C=O) groups is 1. The number of hydrogen-bond donors (Lipinski definition) is 1. The highest BCUT2D eigenvalue weighted by Crippen LogP contribution is 2.32. The Hall–Kier alpha value is -0.570. The zero-order chi connectivity index (χ0) is 11.5. The highest BCUT2D eigenvalue weighted by atomic mass is 16.2. The average molecular weight is 224 g/mol. The molecule has 2 aliphatic rings. The Kier molecular flexibility index (Phi) is 3.85. The van der Waals surface area contributed by atoms with Crippen molar-refractivity contribution >= 4 is 5.91 Å². The van der Waals surface area contributed by atoms with E-state index in [1.165, 1.54) is 32.1 Å². The van der Waals surface area contributed by atoms with Crippen LogP contribution < -0.4 is 5.32 Å². The minimum Gasteiger partial charge on any atom is -0.341 e. The Morgan fingerprint density at radius 2 is 1.81 bits per heavy atom. The van der Waals surface area contributed by atoms with E-state index in [0.717, 1.165) is 19.0 Å². The minimum absolute atomic E-state index is 0.00583. The largest absolute Gasteiger partial charge is 0.341 e. The fourth-order valence-corrected chi connectivity index (χ4v) is 2.59. The molecule has 16 heavy (non-hydrogen) atoms. The summed E-state index contributed by atoms with van der Waals surface area (Å²) in [6.07, 6.45) is 6.30. The third kappa shape index (κ3) is 2.97. The Labute approximate surface area is 98.6 Å². The summed E-state index contributed by atoms with van der Waals surface area (Å²) in [5, 5.41) is 3.45. The molecule has 1 unspecified atom stereocenters. The highest BCUT2D eigenvalue weighted by Gasteiger charge is 2.31. The summed E-state index contributed by atoms with van der Waals surface area (Å²) < 4.78 is 0. The summed E-state index contributed by atoms with van der Waals surface area (Å²) in [6, 6.07) is 0.498. The van der Waals surface area contributed by atoms with Gasteiger partial charge in [0.2, 0.25) is 5.91 Å². The summed E-state index contributed by atoms with van der Waals surface area (Å²) in [5.74, 6) is 1.11.